The van der Waals surface area contributed by atoms with Crippen molar-refractivity contribution >= 4 is 21.7 Å². The summed E-state index contributed by atoms with van der Waals surface area (Å²) in [7, 11) is -3.84. The van der Waals surface area contributed by atoms with E-state index in [1.54, 1.807) is 0 Å². The van der Waals surface area contributed by atoms with E-state index in [0.717, 1.165) is 0 Å². The first kappa shape index (κ1) is 20.4. The third kappa shape index (κ3) is 6.46. The zero-order valence-electron chi connectivity index (χ0n) is 14.5. The molecule has 7 nitrogen and oxygen atoms in total. The minimum atomic E-state index is -3.84. The molecule has 0 aliphatic rings. The van der Waals surface area contributed by atoms with Crippen molar-refractivity contribution in [1.29, 1.82) is 0 Å². The maximum atomic E-state index is 12.6. The third-order valence-corrected chi connectivity index (χ3v) is 4.49. The summed E-state index contributed by atoms with van der Waals surface area (Å²) in [5.74, 6) is -1.18. The number of carboxylic acids is 1. The van der Waals surface area contributed by atoms with Crippen LogP contribution in [0.25, 0.3) is 0 Å². The van der Waals surface area contributed by atoms with Crippen LogP contribution in [0.3, 0.4) is 0 Å². The van der Waals surface area contributed by atoms with E-state index < -0.39 is 16.0 Å². The van der Waals surface area contributed by atoms with Crippen LogP contribution >= 0.6 is 0 Å². The van der Waals surface area contributed by atoms with Gasteiger partial charge in [-0.1, -0.05) is 0 Å². The van der Waals surface area contributed by atoms with Gasteiger partial charge in [-0.3, -0.25) is 0 Å². The van der Waals surface area contributed by atoms with Crippen molar-refractivity contribution in [3.8, 4) is 0 Å². The third-order valence-electron chi connectivity index (χ3n) is 2.99. The number of carboxylic acid groups (broad SMARTS) is 1. The Morgan fingerprint density at radius 1 is 1.29 bits per heavy atom. The molecule has 0 aliphatic heterocycles. The molecule has 136 valence electrons. The van der Waals surface area contributed by atoms with Crippen LogP contribution in [0.5, 0.6) is 0 Å². The first-order valence-electron chi connectivity index (χ1n) is 7.80. The van der Waals surface area contributed by atoms with E-state index >= 15 is 0 Å². The first-order valence-corrected chi connectivity index (χ1v) is 9.28. The van der Waals surface area contributed by atoms with Crippen molar-refractivity contribution in [1.82, 2.24) is 4.72 Å². The molecule has 8 heteroatoms. The molecule has 24 heavy (non-hydrogen) atoms. The van der Waals surface area contributed by atoms with Gasteiger partial charge in [0.1, 0.15) is 4.90 Å². The Kier molecular flexibility index (Phi) is 7.19. The number of hydrogen-bond acceptors (Lipinski definition) is 5. The van der Waals surface area contributed by atoms with Gasteiger partial charge in [0.2, 0.25) is 10.0 Å². The van der Waals surface area contributed by atoms with Gasteiger partial charge < -0.3 is 15.2 Å². The van der Waals surface area contributed by atoms with E-state index in [9.17, 15) is 13.2 Å². The highest BCUT2D eigenvalue weighted by Crippen LogP contribution is 2.25. The Morgan fingerprint density at radius 3 is 2.50 bits per heavy atom. The number of nitrogens with one attached hydrogen (secondary N) is 2. The van der Waals surface area contributed by atoms with Gasteiger partial charge in [-0.05, 0) is 52.3 Å². The maximum absolute atomic E-state index is 12.6. The van der Waals surface area contributed by atoms with Crippen LogP contribution in [0.4, 0.5) is 5.69 Å². The highest BCUT2D eigenvalue weighted by molar-refractivity contribution is 7.89. The Morgan fingerprint density at radius 2 is 1.96 bits per heavy atom. The van der Waals surface area contributed by atoms with E-state index in [1.807, 2.05) is 27.7 Å². The summed E-state index contributed by atoms with van der Waals surface area (Å²) in [5, 5.41) is 12.2. The number of sulfonamides is 1. The van der Waals surface area contributed by atoms with E-state index in [-0.39, 0.29) is 22.5 Å². The van der Waals surface area contributed by atoms with Crippen molar-refractivity contribution in [2.75, 3.05) is 25.1 Å². The fourth-order valence-electron chi connectivity index (χ4n) is 1.99. The van der Waals surface area contributed by atoms with Crippen molar-refractivity contribution in [3.63, 3.8) is 0 Å². The molecule has 1 rings (SSSR count). The molecule has 0 saturated heterocycles. The molecule has 0 spiro atoms. The standard InChI is InChI=1S/C16H26N2O5S/c1-5-23-10-6-9-17-24(21,22)14-11-12(15(19)20)7-8-13(14)18-16(2,3)4/h7-8,11,17-18H,5-6,9-10H2,1-4H3,(H,19,20). The van der Waals surface area contributed by atoms with Gasteiger partial charge in [-0.2, -0.15) is 0 Å². The largest absolute Gasteiger partial charge is 0.478 e. The van der Waals surface area contributed by atoms with Crippen LogP contribution in [-0.2, 0) is 14.8 Å². The fraction of sp³-hybridized carbons (Fsp3) is 0.562. The van der Waals surface area contributed by atoms with E-state index in [1.165, 1.54) is 18.2 Å². The number of hydrogen-bond donors (Lipinski definition) is 3. The summed E-state index contributed by atoms with van der Waals surface area (Å²) in [6.07, 6.45) is 0.535. The smallest absolute Gasteiger partial charge is 0.335 e. The van der Waals surface area contributed by atoms with Crippen LogP contribution < -0.4 is 10.0 Å². The molecule has 1 aromatic carbocycles. The van der Waals surface area contributed by atoms with Crippen molar-refractivity contribution in [3.05, 3.63) is 23.8 Å². The number of rotatable bonds is 9. The molecular weight excluding hydrogens is 332 g/mol. The topological polar surface area (TPSA) is 105 Å². The quantitative estimate of drug-likeness (QED) is 0.585. The predicted octanol–water partition coefficient (Wildman–Crippen LogP) is 2.30. The predicted molar refractivity (Wildman–Crippen MR) is 93.1 cm³/mol. The lowest BCUT2D eigenvalue weighted by Crippen LogP contribution is -2.30. The van der Waals surface area contributed by atoms with Gasteiger partial charge in [0, 0.05) is 25.3 Å². The molecule has 1 aromatic rings. The van der Waals surface area contributed by atoms with Crippen LogP contribution in [0, 0.1) is 0 Å². The normalized spacial score (nSPS) is 12.2. The number of ether oxygens (including phenoxy) is 1. The summed E-state index contributed by atoms with van der Waals surface area (Å²) in [6, 6.07) is 4.02. The average molecular weight is 358 g/mol. The van der Waals surface area contributed by atoms with E-state index in [0.29, 0.717) is 25.3 Å². The summed E-state index contributed by atoms with van der Waals surface area (Å²) < 4.78 is 32.8. The number of carbonyl (C=O) groups is 1. The summed E-state index contributed by atoms with van der Waals surface area (Å²) in [6.45, 7) is 8.80. The zero-order valence-corrected chi connectivity index (χ0v) is 15.4. The highest BCUT2D eigenvalue weighted by Gasteiger charge is 2.23. The molecule has 0 aromatic heterocycles. The van der Waals surface area contributed by atoms with Crippen LogP contribution in [0.2, 0.25) is 0 Å². The van der Waals surface area contributed by atoms with Crippen LogP contribution in [-0.4, -0.2) is 44.8 Å². The van der Waals surface area contributed by atoms with Crippen LogP contribution in [0.15, 0.2) is 23.1 Å². The number of benzene rings is 1. The Bertz CT molecular complexity index is 666. The number of anilines is 1. The second-order valence-electron chi connectivity index (χ2n) is 6.34. The summed E-state index contributed by atoms with van der Waals surface area (Å²) in [5.41, 5.74) is -0.0850. The minimum Gasteiger partial charge on any atom is -0.478 e. The molecule has 0 saturated carbocycles. The molecule has 0 fully saturated rings. The lowest BCUT2D eigenvalue weighted by molar-refractivity contribution is 0.0696. The molecule has 0 atom stereocenters. The highest BCUT2D eigenvalue weighted by atomic mass is 32.2. The van der Waals surface area contributed by atoms with E-state index in [2.05, 4.69) is 10.0 Å². The molecule has 0 bridgehead atoms. The van der Waals surface area contributed by atoms with Crippen molar-refractivity contribution < 1.29 is 23.1 Å². The van der Waals surface area contributed by atoms with Gasteiger partial charge >= 0.3 is 5.97 Å². The Hall–Kier alpha value is -1.64. The lowest BCUT2D eigenvalue weighted by atomic mass is 10.1. The van der Waals surface area contributed by atoms with Gasteiger partial charge in [-0.15, -0.1) is 0 Å². The molecule has 0 radical (unpaired) electrons. The summed E-state index contributed by atoms with van der Waals surface area (Å²) >= 11 is 0. The molecule has 0 heterocycles. The Balaban J connectivity index is 3.07. The van der Waals surface area contributed by atoms with Gasteiger partial charge in [0.05, 0.1) is 11.3 Å². The minimum absolute atomic E-state index is 0.0752. The SMILES string of the molecule is CCOCCCNS(=O)(=O)c1cc(C(=O)O)ccc1NC(C)(C)C. The molecule has 0 aliphatic carbocycles. The van der Waals surface area contributed by atoms with E-state index in [4.69, 9.17) is 9.84 Å². The Labute approximate surface area is 143 Å². The zero-order chi connectivity index (χ0) is 18.4. The van der Waals surface area contributed by atoms with Crippen molar-refractivity contribution in [2.45, 2.75) is 44.6 Å². The van der Waals surface area contributed by atoms with Gasteiger partial charge in [0.25, 0.3) is 0 Å². The maximum Gasteiger partial charge on any atom is 0.335 e. The second kappa shape index (κ2) is 8.46. The van der Waals surface area contributed by atoms with Gasteiger partial charge in [0.15, 0.2) is 0 Å². The second-order valence-corrected chi connectivity index (χ2v) is 8.07. The monoisotopic (exact) mass is 358 g/mol. The fourth-order valence-corrected chi connectivity index (χ4v) is 3.25. The lowest BCUT2D eigenvalue weighted by Gasteiger charge is -2.24. The van der Waals surface area contributed by atoms with Gasteiger partial charge in [-0.25, -0.2) is 17.9 Å². The summed E-state index contributed by atoms with van der Waals surface area (Å²) in [4.78, 5) is 11.1. The molecular formula is C16H26N2O5S. The molecule has 0 unspecified atom stereocenters. The first-order chi connectivity index (χ1) is 11.1. The average Bonchev–Trinajstić information content (AvgIpc) is 2.45. The van der Waals surface area contributed by atoms with Crippen LogP contribution in [0.1, 0.15) is 44.5 Å². The molecule has 0 amide bonds. The number of aromatic carboxylic acids is 1. The van der Waals surface area contributed by atoms with Crippen molar-refractivity contribution in [2.24, 2.45) is 0 Å². The molecule has 3 N–H and O–H groups in total.